The number of piperazine rings is 1. The largest absolute Gasteiger partial charge is 0.494 e. The predicted molar refractivity (Wildman–Crippen MR) is 144 cm³/mol. The molecule has 1 N–H and O–H groups in total. The summed E-state index contributed by atoms with van der Waals surface area (Å²) in [7, 11) is 4.58. The van der Waals surface area contributed by atoms with Crippen LogP contribution in [0, 0.1) is 11.6 Å². The highest BCUT2D eigenvalue weighted by Crippen LogP contribution is 2.32. The predicted octanol–water partition coefficient (Wildman–Crippen LogP) is 3.38. The van der Waals surface area contributed by atoms with Gasteiger partial charge in [-0.2, -0.15) is 5.10 Å². The fraction of sp³-hybridized carbons (Fsp3) is 0.481. The molecule has 12 nitrogen and oxygen atoms in total. The van der Waals surface area contributed by atoms with Crippen molar-refractivity contribution in [3.05, 3.63) is 47.4 Å². The van der Waals surface area contributed by atoms with E-state index in [2.05, 4.69) is 25.3 Å². The summed E-state index contributed by atoms with van der Waals surface area (Å²) in [6, 6.07) is 2.80. The number of likely N-dealkylation sites (N-methyl/N-ethyl adjacent to an activating group) is 1. The fourth-order valence-corrected chi connectivity index (χ4v) is 4.69. The number of anilines is 2. The molecule has 0 aliphatic carbocycles. The van der Waals surface area contributed by atoms with E-state index in [9.17, 15) is 13.6 Å². The summed E-state index contributed by atoms with van der Waals surface area (Å²) in [4.78, 5) is 25.7. The van der Waals surface area contributed by atoms with Crippen LogP contribution < -0.4 is 19.5 Å². The Morgan fingerprint density at radius 2 is 1.73 bits per heavy atom. The van der Waals surface area contributed by atoms with E-state index in [4.69, 9.17) is 18.9 Å². The lowest BCUT2D eigenvalue weighted by atomic mass is 10.1. The molecule has 220 valence electrons. The van der Waals surface area contributed by atoms with Gasteiger partial charge in [0.05, 0.1) is 32.2 Å². The van der Waals surface area contributed by atoms with Gasteiger partial charge < -0.3 is 34.1 Å². The lowest BCUT2D eigenvalue weighted by Gasteiger charge is -2.31. The van der Waals surface area contributed by atoms with Gasteiger partial charge in [-0.05, 0) is 26.3 Å². The topological polar surface area (TPSA) is 116 Å². The van der Waals surface area contributed by atoms with E-state index >= 15 is 0 Å². The van der Waals surface area contributed by atoms with Gasteiger partial charge in [0.1, 0.15) is 12.4 Å². The van der Waals surface area contributed by atoms with Crippen LogP contribution >= 0.6 is 0 Å². The Bertz CT molecular complexity index is 1330. The number of rotatable bonds is 9. The first kappa shape index (κ1) is 28.5. The van der Waals surface area contributed by atoms with Crippen molar-refractivity contribution in [1.29, 1.82) is 0 Å². The van der Waals surface area contributed by atoms with Crippen LogP contribution in [0.15, 0.2) is 24.5 Å². The molecule has 2 aliphatic rings. The number of carbonyl (C=O) groups excluding carboxylic acids is 1. The number of ether oxygens (including phenoxy) is 4. The Kier molecular flexibility index (Phi) is 8.78. The summed E-state index contributed by atoms with van der Waals surface area (Å²) in [6.07, 6.45) is 5.12. The molecule has 41 heavy (non-hydrogen) atoms. The van der Waals surface area contributed by atoms with Crippen LogP contribution in [0.2, 0.25) is 0 Å². The molecule has 2 fully saturated rings. The van der Waals surface area contributed by atoms with Crippen molar-refractivity contribution in [1.82, 2.24) is 29.5 Å². The van der Waals surface area contributed by atoms with Gasteiger partial charge in [0, 0.05) is 44.9 Å². The average Bonchev–Trinajstić information content (AvgIpc) is 3.42. The summed E-state index contributed by atoms with van der Waals surface area (Å²) in [5, 5.41) is 7.72. The van der Waals surface area contributed by atoms with Crippen LogP contribution in [0.3, 0.4) is 0 Å². The van der Waals surface area contributed by atoms with Gasteiger partial charge in [-0.15, -0.1) is 0 Å². The first-order chi connectivity index (χ1) is 19.9. The lowest BCUT2D eigenvalue weighted by Crippen LogP contribution is -2.47. The van der Waals surface area contributed by atoms with E-state index in [-0.39, 0.29) is 40.9 Å². The third kappa shape index (κ3) is 6.33. The van der Waals surface area contributed by atoms with E-state index in [1.807, 2.05) is 7.05 Å². The number of halogens is 2. The Labute approximate surface area is 236 Å². The third-order valence-electron chi connectivity index (χ3n) is 7.09. The first-order valence-electron chi connectivity index (χ1n) is 13.4. The highest BCUT2D eigenvalue weighted by Gasteiger charge is 2.27. The van der Waals surface area contributed by atoms with Gasteiger partial charge in [0.15, 0.2) is 40.8 Å². The maximum absolute atomic E-state index is 14.7. The molecule has 0 bridgehead atoms. The minimum atomic E-state index is -0.884. The average molecular weight is 574 g/mol. The number of nitrogens with zero attached hydrogens (tertiary/aromatic N) is 6. The van der Waals surface area contributed by atoms with Crippen LogP contribution in [-0.4, -0.2) is 89.5 Å². The van der Waals surface area contributed by atoms with E-state index < -0.39 is 18.2 Å². The van der Waals surface area contributed by atoms with Gasteiger partial charge in [0.2, 0.25) is 5.95 Å². The lowest BCUT2D eigenvalue weighted by molar-refractivity contribution is -0.0382. The fourth-order valence-electron chi connectivity index (χ4n) is 4.69. The molecule has 0 radical (unpaired) electrons. The van der Waals surface area contributed by atoms with Gasteiger partial charge >= 0.3 is 0 Å². The zero-order valence-corrected chi connectivity index (χ0v) is 23.2. The van der Waals surface area contributed by atoms with Crippen molar-refractivity contribution >= 4 is 17.7 Å². The van der Waals surface area contributed by atoms with E-state index in [1.165, 1.54) is 26.6 Å². The van der Waals surface area contributed by atoms with Crippen molar-refractivity contribution in [2.45, 2.75) is 32.1 Å². The number of hydrogen-bond donors (Lipinski definition) is 1. The van der Waals surface area contributed by atoms with E-state index in [1.54, 1.807) is 15.6 Å². The van der Waals surface area contributed by atoms with E-state index in [0.717, 1.165) is 38.4 Å². The molecule has 3 aromatic rings. The monoisotopic (exact) mass is 573 g/mol. The molecular formula is C27H33F2N7O5. The number of carbonyl (C=O) groups is 1. The van der Waals surface area contributed by atoms with Crippen LogP contribution in [0.25, 0.3) is 0 Å². The summed E-state index contributed by atoms with van der Waals surface area (Å²) in [6.45, 7) is 3.03. The molecule has 2 aliphatic heterocycles. The van der Waals surface area contributed by atoms with Crippen LogP contribution in [0.4, 0.5) is 20.5 Å². The zero-order valence-electron chi connectivity index (χ0n) is 23.2. The normalized spacial score (nSPS) is 17.8. The summed E-state index contributed by atoms with van der Waals surface area (Å²) < 4.78 is 52.4. The van der Waals surface area contributed by atoms with Crippen molar-refractivity contribution in [3.8, 4) is 17.2 Å². The molecule has 1 aromatic carbocycles. The van der Waals surface area contributed by atoms with Crippen molar-refractivity contribution in [2.75, 3.05) is 59.4 Å². The number of hydrogen-bond acceptors (Lipinski definition) is 10. The molecule has 5 rings (SSSR count). The number of amides is 1. The molecule has 2 saturated heterocycles. The number of benzene rings is 1. The SMILES string of the molecule is COc1cc(OC)c(F)c(COc2cnc(Nc3cc(C(=O)N4CCN(C)CC4)nn3C3CCCCO3)nc2)c1F. The van der Waals surface area contributed by atoms with Crippen molar-refractivity contribution < 1.29 is 32.5 Å². The third-order valence-corrected chi connectivity index (χ3v) is 7.09. The Balaban J connectivity index is 1.31. The minimum Gasteiger partial charge on any atom is -0.494 e. The number of methoxy groups -OCH3 is 2. The van der Waals surface area contributed by atoms with Crippen molar-refractivity contribution in [2.24, 2.45) is 0 Å². The Hall–Kier alpha value is -4.04. The molecule has 1 unspecified atom stereocenters. The van der Waals surface area contributed by atoms with Crippen LogP contribution in [-0.2, 0) is 11.3 Å². The minimum absolute atomic E-state index is 0.144. The van der Waals surface area contributed by atoms with Crippen LogP contribution in [0.5, 0.6) is 17.2 Å². The Morgan fingerprint density at radius 1 is 1.05 bits per heavy atom. The second-order valence-corrected chi connectivity index (χ2v) is 9.82. The molecule has 14 heteroatoms. The highest BCUT2D eigenvalue weighted by molar-refractivity contribution is 5.93. The maximum atomic E-state index is 14.7. The molecule has 1 amide bonds. The summed E-state index contributed by atoms with van der Waals surface area (Å²) >= 11 is 0. The molecular weight excluding hydrogens is 540 g/mol. The first-order valence-corrected chi connectivity index (χ1v) is 13.4. The molecule has 1 atom stereocenters. The maximum Gasteiger partial charge on any atom is 0.274 e. The van der Waals surface area contributed by atoms with Gasteiger partial charge in [-0.1, -0.05) is 0 Å². The highest BCUT2D eigenvalue weighted by atomic mass is 19.1. The standard InChI is InChI=1S/C27H33F2N7O5/c1-34-7-9-35(10-8-34)26(37)19-12-22(36(33-19)23-6-4-5-11-40-23)32-27-30-14-17(15-31-27)41-16-18-24(28)20(38-2)13-21(39-3)25(18)29/h12-15,23H,4-11,16H2,1-3H3,(H,30,31,32). The quantitative estimate of drug-likeness (QED) is 0.409. The van der Waals surface area contributed by atoms with Gasteiger partial charge in [0.25, 0.3) is 5.91 Å². The zero-order chi connectivity index (χ0) is 28.9. The van der Waals surface area contributed by atoms with E-state index in [0.29, 0.717) is 31.2 Å². The van der Waals surface area contributed by atoms with Gasteiger partial charge in [-0.3, -0.25) is 4.79 Å². The second-order valence-electron chi connectivity index (χ2n) is 9.82. The second kappa shape index (κ2) is 12.6. The number of nitrogens with one attached hydrogen (secondary N) is 1. The van der Waals surface area contributed by atoms with Crippen molar-refractivity contribution in [3.63, 3.8) is 0 Å². The van der Waals surface area contributed by atoms with Gasteiger partial charge in [-0.25, -0.2) is 23.4 Å². The molecule has 4 heterocycles. The van der Waals surface area contributed by atoms with Crippen LogP contribution in [0.1, 0.15) is 41.5 Å². The molecule has 0 saturated carbocycles. The molecule has 2 aromatic heterocycles. The summed E-state index contributed by atoms with van der Waals surface area (Å²) in [5.74, 6) is -1.33. The smallest absolute Gasteiger partial charge is 0.274 e. The Morgan fingerprint density at radius 3 is 2.34 bits per heavy atom. The summed E-state index contributed by atoms with van der Waals surface area (Å²) in [5.41, 5.74) is -0.0405. The number of aromatic nitrogens is 4. The molecule has 0 spiro atoms.